The first-order chi connectivity index (χ1) is 8.90. The third-order valence-corrected chi connectivity index (χ3v) is 4.30. The largest absolute Gasteiger partial charge is 0.264 e. The van der Waals surface area contributed by atoms with E-state index in [-0.39, 0.29) is 20.8 Å². The molecule has 0 bridgehead atoms. The molecule has 2 rings (SSSR count). The molecule has 1 aromatic heterocycles. The topological polar surface area (TPSA) is 59.1 Å². The van der Waals surface area contributed by atoms with Crippen molar-refractivity contribution >= 4 is 39.0 Å². The SMILES string of the molecule is O=S(=O)(Nc1ncccc1Cl)c1ccc(F)cc1Cl. The van der Waals surface area contributed by atoms with Crippen LogP contribution in [0.1, 0.15) is 0 Å². The molecule has 0 spiro atoms. The Balaban J connectivity index is 2.41. The number of aromatic nitrogens is 1. The van der Waals surface area contributed by atoms with E-state index < -0.39 is 15.8 Å². The van der Waals surface area contributed by atoms with E-state index in [1.807, 2.05) is 0 Å². The Labute approximate surface area is 119 Å². The molecule has 0 atom stereocenters. The van der Waals surface area contributed by atoms with Crippen LogP contribution in [0.4, 0.5) is 10.2 Å². The van der Waals surface area contributed by atoms with E-state index in [2.05, 4.69) is 9.71 Å². The molecule has 1 aromatic carbocycles. The number of anilines is 1. The standard InChI is InChI=1S/C11H7Cl2FN2O2S/c12-8-2-1-5-15-11(8)16-19(17,18)10-4-3-7(14)6-9(10)13/h1-6H,(H,15,16). The Morgan fingerprint density at radius 2 is 1.89 bits per heavy atom. The molecule has 0 amide bonds. The van der Waals surface area contributed by atoms with Crippen LogP contribution in [0.3, 0.4) is 0 Å². The van der Waals surface area contributed by atoms with Crippen LogP contribution in [-0.4, -0.2) is 13.4 Å². The molecule has 19 heavy (non-hydrogen) atoms. The number of sulfonamides is 1. The second kappa shape index (κ2) is 5.32. The van der Waals surface area contributed by atoms with Gasteiger partial charge in [-0.15, -0.1) is 0 Å². The zero-order valence-corrected chi connectivity index (χ0v) is 11.6. The van der Waals surface area contributed by atoms with Crippen molar-refractivity contribution < 1.29 is 12.8 Å². The summed E-state index contributed by atoms with van der Waals surface area (Å²) in [4.78, 5) is 3.54. The summed E-state index contributed by atoms with van der Waals surface area (Å²) in [5, 5.41) is -0.0798. The number of rotatable bonds is 3. The lowest BCUT2D eigenvalue weighted by molar-refractivity contribution is 0.599. The molecule has 2 aromatic rings. The van der Waals surface area contributed by atoms with Gasteiger partial charge < -0.3 is 0 Å². The van der Waals surface area contributed by atoms with Crippen LogP contribution in [0.25, 0.3) is 0 Å². The summed E-state index contributed by atoms with van der Waals surface area (Å²) >= 11 is 11.5. The lowest BCUT2D eigenvalue weighted by atomic mass is 10.3. The number of benzene rings is 1. The average molecular weight is 321 g/mol. The van der Waals surface area contributed by atoms with Crippen LogP contribution in [0.15, 0.2) is 41.4 Å². The molecular weight excluding hydrogens is 314 g/mol. The predicted octanol–water partition coefficient (Wildman–Crippen LogP) is 3.33. The Morgan fingerprint density at radius 1 is 1.16 bits per heavy atom. The van der Waals surface area contributed by atoms with Gasteiger partial charge in [0.05, 0.1) is 10.0 Å². The number of nitrogens with one attached hydrogen (secondary N) is 1. The van der Waals surface area contributed by atoms with Crippen molar-refractivity contribution in [2.24, 2.45) is 0 Å². The lowest BCUT2D eigenvalue weighted by Crippen LogP contribution is -2.14. The van der Waals surface area contributed by atoms with Gasteiger partial charge in [-0.25, -0.2) is 17.8 Å². The minimum absolute atomic E-state index is 0.0236. The van der Waals surface area contributed by atoms with Gasteiger partial charge in [-0.2, -0.15) is 0 Å². The third kappa shape index (κ3) is 3.15. The van der Waals surface area contributed by atoms with Crippen molar-refractivity contribution in [2.75, 3.05) is 4.72 Å². The number of nitrogens with zero attached hydrogens (tertiary/aromatic N) is 1. The van der Waals surface area contributed by atoms with Gasteiger partial charge in [0.2, 0.25) is 0 Å². The van der Waals surface area contributed by atoms with Crippen molar-refractivity contribution in [1.29, 1.82) is 0 Å². The first kappa shape index (κ1) is 14.0. The molecule has 0 fully saturated rings. The summed E-state index contributed by atoms with van der Waals surface area (Å²) < 4.78 is 39.2. The smallest absolute Gasteiger partial charge is 0.262 e. The first-order valence-electron chi connectivity index (χ1n) is 4.98. The van der Waals surface area contributed by atoms with Crippen LogP contribution in [-0.2, 0) is 10.0 Å². The number of hydrogen-bond acceptors (Lipinski definition) is 3. The molecular formula is C11H7Cl2FN2O2S. The molecule has 0 saturated carbocycles. The summed E-state index contributed by atoms with van der Waals surface area (Å²) in [7, 11) is -3.98. The van der Waals surface area contributed by atoms with Gasteiger partial charge in [0.1, 0.15) is 10.7 Å². The normalized spacial score (nSPS) is 11.3. The Bertz CT molecular complexity index is 722. The maximum absolute atomic E-state index is 12.9. The monoisotopic (exact) mass is 320 g/mol. The molecule has 8 heteroatoms. The fourth-order valence-electron chi connectivity index (χ4n) is 1.34. The molecule has 1 heterocycles. The van der Waals surface area contributed by atoms with Gasteiger partial charge in [0.25, 0.3) is 10.0 Å². The molecule has 0 aliphatic carbocycles. The summed E-state index contributed by atoms with van der Waals surface area (Å²) in [6.07, 6.45) is 1.38. The van der Waals surface area contributed by atoms with Crippen LogP contribution >= 0.6 is 23.2 Å². The van der Waals surface area contributed by atoms with E-state index in [0.717, 1.165) is 18.2 Å². The zero-order chi connectivity index (χ0) is 14.0. The highest BCUT2D eigenvalue weighted by Gasteiger charge is 2.20. The average Bonchev–Trinajstić information content (AvgIpc) is 2.31. The Kier molecular flexibility index (Phi) is 3.93. The van der Waals surface area contributed by atoms with Gasteiger partial charge in [-0.3, -0.25) is 4.72 Å². The van der Waals surface area contributed by atoms with Crippen molar-refractivity contribution in [3.63, 3.8) is 0 Å². The molecule has 1 N–H and O–H groups in total. The zero-order valence-electron chi connectivity index (χ0n) is 9.27. The molecule has 0 aliphatic rings. The van der Waals surface area contributed by atoms with E-state index in [4.69, 9.17) is 23.2 Å². The highest BCUT2D eigenvalue weighted by Crippen LogP contribution is 2.26. The fourth-order valence-corrected chi connectivity index (χ4v) is 3.12. The molecule has 0 aliphatic heterocycles. The van der Waals surface area contributed by atoms with Crippen LogP contribution in [0.5, 0.6) is 0 Å². The van der Waals surface area contributed by atoms with Gasteiger partial charge in [0, 0.05) is 6.20 Å². The third-order valence-electron chi connectivity index (χ3n) is 2.17. The lowest BCUT2D eigenvalue weighted by Gasteiger charge is -2.09. The van der Waals surface area contributed by atoms with Crippen LogP contribution in [0, 0.1) is 5.82 Å². The van der Waals surface area contributed by atoms with E-state index >= 15 is 0 Å². The predicted molar refractivity (Wildman–Crippen MR) is 71.5 cm³/mol. The van der Waals surface area contributed by atoms with Gasteiger partial charge >= 0.3 is 0 Å². The minimum atomic E-state index is -3.98. The van der Waals surface area contributed by atoms with Gasteiger partial charge in [0.15, 0.2) is 5.82 Å². The molecule has 4 nitrogen and oxygen atoms in total. The van der Waals surface area contributed by atoms with Crippen LogP contribution < -0.4 is 4.72 Å². The van der Waals surface area contributed by atoms with Gasteiger partial charge in [-0.05, 0) is 30.3 Å². The molecule has 0 radical (unpaired) electrons. The maximum atomic E-state index is 12.9. The van der Waals surface area contributed by atoms with E-state index in [1.165, 1.54) is 12.3 Å². The fraction of sp³-hybridized carbons (Fsp3) is 0. The van der Waals surface area contributed by atoms with Gasteiger partial charge in [-0.1, -0.05) is 23.2 Å². The van der Waals surface area contributed by atoms with Crippen molar-refractivity contribution in [1.82, 2.24) is 4.98 Å². The summed E-state index contributed by atoms with van der Waals surface area (Å²) in [6, 6.07) is 6.02. The second-order valence-electron chi connectivity index (χ2n) is 3.51. The summed E-state index contributed by atoms with van der Waals surface area (Å²) in [5.41, 5.74) is 0. The second-order valence-corrected chi connectivity index (χ2v) is 5.98. The quantitative estimate of drug-likeness (QED) is 0.943. The number of hydrogen-bond donors (Lipinski definition) is 1. The summed E-state index contributed by atoms with van der Waals surface area (Å²) in [5.74, 6) is -0.649. The molecule has 0 saturated heterocycles. The van der Waals surface area contributed by atoms with Crippen LogP contribution in [0.2, 0.25) is 10.0 Å². The number of halogens is 3. The highest BCUT2D eigenvalue weighted by atomic mass is 35.5. The Morgan fingerprint density at radius 3 is 2.53 bits per heavy atom. The Hall–Kier alpha value is -1.37. The molecule has 0 unspecified atom stereocenters. The van der Waals surface area contributed by atoms with E-state index in [0.29, 0.717) is 0 Å². The maximum Gasteiger partial charge on any atom is 0.264 e. The van der Waals surface area contributed by atoms with Crippen molar-refractivity contribution in [3.05, 3.63) is 52.4 Å². The van der Waals surface area contributed by atoms with E-state index in [1.54, 1.807) is 6.07 Å². The first-order valence-corrected chi connectivity index (χ1v) is 7.22. The summed E-state index contributed by atoms with van der Waals surface area (Å²) in [6.45, 7) is 0. The highest BCUT2D eigenvalue weighted by molar-refractivity contribution is 7.92. The molecule has 100 valence electrons. The number of pyridine rings is 1. The van der Waals surface area contributed by atoms with Crippen molar-refractivity contribution in [2.45, 2.75) is 4.90 Å². The van der Waals surface area contributed by atoms with Crippen molar-refractivity contribution in [3.8, 4) is 0 Å². The minimum Gasteiger partial charge on any atom is -0.262 e. The van der Waals surface area contributed by atoms with E-state index in [9.17, 15) is 12.8 Å².